The van der Waals surface area contributed by atoms with Crippen molar-refractivity contribution in [3.8, 4) is 17.0 Å². The van der Waals surface area contributed by atoms with Gasteiger partial charge in [0.1, 0.15) is 11.4 Å². The van der Waals surface area contributed by atoms with Gasteiger partial charge in [-0.3, -0.25) is 0 Å². The number of carbonyl (C=O) groups is 1. The molecule has 2 aromatic heterocycles. The van der Waals surface area contributed by atoms with Crippen LogP contribution >= 0.6 is 0 Å². The largest absolute Gasteiger partial charge is 0.493 e. The summed E-state index contributed by atoms with van der Waals surface area (Å²) >= 11 is 0. The molecule has 4 aromatic rings. The van der Waals surface area contributed by atoms with E-state index in [1.54, 1.807) is 17.5 Å². The molecule has 0 atom stereocenters. The van der Waals surface area contributed by atoms with E-state index in [0.717, 1.165) is 28.4 Å². The first-order chi connectivity index (χ1) is 16.4. The van der Waals surface area contributed by atoms with E-state index < -0.39 is 5.60 Å². The van der Waals surface area contributed by atoms with Gasteiger partial charge in [-0.15, -0.1) is 10.2 Å². The van der Waals surface area contributed by atoms with E-state index >= 15 is 0 Å². The van der Waals surface area contributed by atoms with Crippen LogP contribution in [0.4, 0.5) is 0 Å². The third kappa shape index (κ3) is 5.86. The molecular weight excluding hydrogens is 428 g/mol. The Hall–Kier alpha value is -4.00. The van der Waals surface area contributed by atoms with Crippen LogP contribution in [-0.4, -0.2) is 38.0 Å². The predicted octanol–water partition coefficient (Wildman–Crippen LogP) is 5.05. The minimum Gasteiger partial charge on any atom is -0.493 e. The fraction of sp³-hybridized carbons (Fsp3) is 0.259. The SMILES string of the molecule is C/C=C/C(=O)OC(C)(C)CCOc1ccc(Cc2nnc3ccc(-c4ccccc4)nn23)cc1. The van der Waals surface area contributed by atoms with Crippen molar-refractivity contribution in [2.75, 3.05) is 6.61 Å². The van der Waals surface area contributed by atoms with Crippen LogP contribution in [-0.2, 0) is 16.0 Å². The number of carbonyl (C=O) groups excluding carboxylic acids is 1. The number of hydrogen-bond donors (Lipinski definition) is 0. The van der Waals surface area contributed by atoms with Crippen LogP contribution in [0.5, 0.6) is 5.75 Å². The second kappa shape index (κ2) is 10.3. The molecule has 7 heteroatoms. The highest BCUT2D eigenvalue weighted by Crippen LogP contribution is 2.20. The number of nitrogens with zero attached hydrogens (tertiary/aromatic N) is 4. The lowest BCUT2D eigenvalue weighted by atomic mass is 10.1. The molecule has 174 valence electrons. The van der Waals surface area contributed by atoms with E-state index in [0.29, 0.717) is 25.1 Å². The van der Waals surface area contributed by atoms with Crippen LogP contribution in [0.3, 0.4) is 0 Å². The number of allylic oxidation sites excluding steroid dienone is 1. The van der Waals surface area contributed by atoms with Crippen LogP contribution in [0.15, 0.2) is 78.9 Å². The Morgan fingerprint density at radius 2 is 1.76 bits per heavy atom. The number of hydrogen-bond acceptors (Lipinski definition) is 6. The fourth-order valence-corrected chi connectivity index (χ4v) is 3.50. The molecule has 0 saturated heterocycles. The Labute approximate surface area is 199 Å². The van der Waals surface area contributed by atoms with Gasteiger partial charge in [0, 0.05) is 24.5 Å². The third-order valence-electron chi connectivity index (χ3n) is 5.34. The molecule has 2 aromatic carbocycles. The Morgan fingerprint density at radius 3 is 2.50 bits per heavy atom. The molecule has 34 heavy (non-hydrogen) atoms. The van der Waals surface area contributed by atoms with Crippen molar-refractivity contribution < 1.29 is 14.3 Å². The molecule has 2 heterocycles. The van der Waals surface area contributed by atoms with Crippen molar-refractivity contribution in [2.45, 2.75) is 39.2 Å². The van der Waals surface area contributed by atoms with Crippen LogP contribution in [0, 0.1) is 0 Å². The lowest BCUT2D eigenvalue weighted by Crippen LogP contribution is -2.29. The maximum atomic E-state index is 11.7. The highest BCUT2D eigenvalue weighted by molar-refractivity contribution is 5.82. The number of fused-ring (bicyclic) bond motifs is 1. The first kappa shape index (κ1) is 23.2. The molecule has 0 bridgehead atoms. The molecule has 4 rings (SSSR count). The summed E-state index contributed by atoms with van der Waals surface area (Å²) in [7, 11) is 0. The van der Waals surface area contributed by atoms with Gasteiger partial charge < -0.3 is 9.47 Å². The number of rotatable bonds is 9. The summed E-state index contributed by atoms with van der Waals surface area (Å²) in [6.45, 7) is 5.98. The second-order valence-electron chi connectivity index (χ2n) is 8.57. The second-order valence-corrected chi connectivity index (χ2v) is 8.57. The van der Waals surface area contributed by atoms with Gasteiger partial charge in [-0.05, 0) is 50.6 Å². The van der Waals surface area contributed by atoms with Gasteiger partial charge in [0.25, 0.3) is 0 Å². The molecule has 0 saturated carbocycles. The van der Waals surface area contributed by atoms with Crippen molar-refractivity contribution in [1.29, 1.82) is 0 Å². The molecular formula is C27H28N4O3. The minimum absolute atomic E-state index is 0.344. The van der Waals surface area contributed by atoms with Gasteiger partial charge in [-0.25, -0.2) is 4.79 Å². The quantitative estimate of drug-likeness (QED) is 0.259. The predicted molar refractivity (Wildman–Crippen MR) is 131 cm³/mol. The smallest absolute Gasteiger partial charge is 0.330 e. The fourth-order valence-electron chi connectivity index (χ4n) is 3.50. The summed E-state index contributed by atoms with van der Waals surface area (Å²) in [5.74, 6) is 1.18. The standard InChI is InChI=1S/C27H28N4O3/c1-4-8-26(32)34-27(2,3)17-18-33-22-13-11-20(12-14-22)19-25-29-28-24-16-15-23(30-31(24)25)21-9-6-5-7-10-21/h4-16H,17-19H2,1-3H3/b8-4+. The molecule has 0 amide bonds. The van der Waals surface area contributed by atoms with Crippen molar-refractivity contribution in [3.05, 3.63) is 90.3 Å². The van der Waals surface area contributed by atoms with Crippen LogP contribution in [0.1, 0.15) is 38.6 Å². The molecule has 0 fully saturated rings. The van der Waals surface area contributed by atoms with Crippen molar-refractivity contribution in [2.24, 2.45) is 0 Å². The number of aromatic nitrogens is 4. The van der Waals surface area contributed by atoms with Crippen molar-refractivity contribution in [1.82, 2.24) is 19.8 Å². The van der Waals surface area contributed by atoms with E-state index in [-0.39, 0.29) is 5.97 Å². The summed E-state index contributed by atoms with van der Waals surface area (Å²) in [6.07, 6.45) is 4.26. The average Bonchev–Trinajstić information content (AvgIpc) is 3.22. The zero-order valence-electron chi connectivity index (χ0n) is 19.6. The highest BCUT2D eigenvalue weighted by Gasteiger charge is 2.21. The molecule has 7 nitrogen and oxygen atoms in total. The van der Waals surface area contributed by atoms with E-state index in [1.165, 1.54) is 6.08 Å². The molecule has 0 aliphatic rings. The van der Waals surface area contributed by atoms with Crippen LogP contribution < -0.4 is 4.74 Å². The van der Waals surface area contributed by atoms with Crippen molar-refractivity contribution in [3.63, 3.8) is 0 Å². The third-order valence-corrected chi connectivity index (χ3v) is 5.34. The normalized spacial score (nSPS) is 11.7. The first-order valence-corrected chi connectivity index (χ1v) is 11.3. The van der Waals surface area contributed by atoms with Gasteiger partial charge in [0.2, 0.25) is 0 Å². The zero-order chi connectivity index (χ0) is 24.0. The van der Waals surface area contributed by atoms with Gasteiger partial charge in [0.05, 0.1) is 12.3 Å². The lowest BCUT2D eigenvalue weighted by molar-refractivity contribution is -0.151. The lowest BCUT2D eigenvalue weighted by Gasteiger charge is -2.24. The maximum Gasteiger partial charge on any atom is 0.330 e. The maximum absolute atomic E-state index is 11.7. The van der Waals surface area contributed by atoms with Crippen molar-refractivity contribution >= 4 is 11.6 Å². The highest BCUT2D eigenvalue weighted by atomic mass is 16.6. The number of ether oxygens (including phenoxy) is 2. The molecule has 0 radical (unpaired) electrons. The number of benzene rings is 2. The Kier molecular flexibility index (Phi) is 7.01. The number of esters is 1. The van der Waals surface area contributed by atoms with Crippen LogP contribution in [0.2, 0.25) is 0 Å². The summed E-state index contributed by atoms with van der Waals surface area (Å²) in [6, 6.07) is 21.8. The summed E-state index contributed by atoms with van der Waals surface area (Å²) in [5.41, 5.74) is 3.11. The topological polar surface area (TPSA) is 78.6 Å². The monoisotopic (exact) mass is 456 g/mol. The average molecular weight is 457 g/mol. The molecule has 0 aliphatic carbocycles. The van der Waals surface area contributed by atoms with Gasteiger partial charge in [0.15, 0.2) is 11.5 Å². The molecule has 0 aliphatic heterocycles. The van der Waals surface area contributed by atoms with E-state index in [1.807, 2.05) is 80.6 Å². The summed E-state index contributed by atoms with van der Waals surface area (Å²) in [4.78, 5) is 11.7. The van der Waals surface area contributed by atoms with Gasteiger partial charge >= 0.3 is 5.97 Å². The first-order valence-electron chi connectivity index (χ1n) is 11.3. The summed E-state index contributed by atoms with van der Waals surface area (Å²) in [5, 5.41) is 13.3. The van der Waals surface area contributed by atoms with E-state index in [2.05, 4.69) is 10.2 Å². The van der Waals surface area contributed by atoms with Gasteiger partial charge in [-0.2, -0.15) is 9.61 Å². The molecule has 0 spiro atoms. The van der Waals surface area contributed by atoms with Crippen LogP contribution in [0.25, 0.3) is 16.9 Å². The Bertz CT molecular complexity index is 1280. The zero-order valence-corrected chi connectivity index (χ0v) is 19.6. The Morgan fingerprint density at radius 1 is 1.00 bits per heavy atom. The van der Waals surface area contributed by atoms with E-state index in [4.69, 9.17) is 14.6 Å². The molecule has 0 unspecified atom stereocenters. The summed E-state index contributed by atoms with van der Waals surface area (Å²) < 4.78 is 13.1. The Balaban J connectivity index is 1.38. The molecule has 0 N–H and O–H groups in total. The van der Waals surface area contributed by atoms with E-state index in [9.17, 15) is 4.79 Å². The van der Waals surface area contributed by atoms with Gasteiger partial charge in [-0.1, -0.05) is 48.5 Å². The minimum atomic E-state index is -0.600.